The standard InChI is InChI=1S/C10H13F3N2O2S/c11-10(12,13)18-6-5-15-8(17)14-7(16)9(15)3-1-2-4-9/h1-6H2,(H,14,16,17). The molecule has 2 fully saturated rings. The van der Waals surface area contributed by atoms with Gasteiger partial charge in [0.25, 0.3) is 5.91 Å². The van der Waals surface area contributed by atoms with Gasteiger partial charge < -0.3 is 4.90 Å². The summed E-state index contributed by atoms with van der Waals surface area (Å²) in [6.45, 7) is -0.0538. The molecule has 1 saturated carbocycles. The Kier molecular flexibility index (Phi) is 3.48. The van der Waals surface area contributed by atoms with Crippen LogP contribution < -0.4 is 5.32 Å². The van der Waals surface area contributed by atoms with Gasteiger partial charge in [0.2, 0.25) is 0 Å². The van der Waals surface area contributed by atoms with Gasteiger partial charge in [-0.25, -0.2) is 4.79 Å². The number of nitrogens with one attached hydrogen (secondary N) is 1. The van der Waals surface area contributed by atoms with Gasteiger partial charge >= 0.3 is 11.5 Å². The number of urea groups is 1. The number of halogens is 3. The summed E-state index contributed by atoms with van der Waals surface area (Å²) in [5, 5.41) is 2.20. The smallest absolute Gasteiger partial charge is 0.309 e. The van der Waals surface area contributed by atoms with Crippen LogP contribution in [0.4, 0.5) is 18.0 Å². The maximum absolute atomic E-state index is 12.0. The van der Waals surface area contributed by atoms with Crippen molar-refractivity contribution in [2.75, 3.05) is 12.3 Å². The molecule has 1 N–H and O–H groups in total. The lowest BCUT2D eigenvalue weighted by molar-refractivity contribution is -0.126. The topological polar surface area (TPSA) is 49.4 Å². The van der Waals surface area contributed by atoms with Crippen LogP contribution in [-0.2, 0) is 4.79 Å². The minimum Gasteiger partial charge on any atom is -0.309 e. The van der Waals surface area contributed by atoms with E-state index in [1.54, 1.807) is 0 Å². The first-order chi connectivity index (χ1) is 8.35. The molecule has 0 atom stereocenters. The van der Waals surface area contributed by atoms with Crippen molar-refractivity contribution >= 4 is 23.7 Å². The highest BCUT2D eigenvalue weighted by Gasteiger charge is 2.53. The average Bonchev–Trinajstić information content (AvgIpc) is 2.79. The van der Waals surface area contributed by atoms with Gasteiger partial charge in [0.15, 0.2) is 0 Å². The van der Waals surface area contributed by atoms with Gasteiger partial charge in [-0.15, -0.1) is 0 Å². The van der Waals surface area contributed by atoms with E-state index in [1.165, 1.54) is 4.90 Å². The molecule has 0 unspecified atom stereocenters. The zero-order valence-electron chi connectivity index (χ0n) is 9.55. The van der Waals surface area contributed by atoms with Crippen molar-refractivity contribution in [3.63, 3.8) is 0 Å². The van der Waals surface area contributed by atoms with Crippen LogP contribution in [0.25, 0.3) is 0 Å². The fourth-order valence-electron chi connectivity index (χ4n) is 2.62. The predicted octanol–water partition coefficient (Wildman–Crippen LogP) is 2.10. The van der Waals surface area contributed by atoms with Crippen LogP contribution >= 0.6 is 11.8 Å². The Hall–Kier alpha value is -0.920. The van der Waals surface area contributed by atoms with Crippen LogP contribution in [0.1, 0.15) is 25.7 Å². The van der Waals surface area contributed by atoms with Gasteiger partial charge in [0.05, 0.1) is 0 Å². The Morgan fingerprint density at radius 1 is 1.28 bits per heavy atom. The van der Waals surface area contributed by atoms with Crippen LogP contribution in [0.5, 0.6) is 0 Å². The number of alkyl halides is 3. The number of carbonyl (C=O) groups excluding carboxylic acids is 2. The summed E-state index contributed by atoms with van der Waals surface area (Å²) in [4.78, 5) is 24.7. The molecular formula is C10H13F3N2O2S. The monoisotopic (exact) mass is 282 g/mol. The van der Waals surface area contributed by atoms with Crippen molar-refractivity contribution in [2.45, 2.75) is 36.7 Å². The molecule has 1 heterocycles. The number of imide groups is 1. The Balaban J connectivity index is 2.01. The molecule has 1 saturated heterocycles. The van der Waals surface area contributed by atoms with Crippen molar-refractivity contribution in [1.29, 1.82) is 0 Å². The lowest BCUT2D eigenvalue weighted by atomic mass is 9.96. The first kappa shape index (κ1) is 13.5. The number of carbonyl (C=O) groups is 2. The second kappa shape index (κ2) is 4.64. The molecule has 0 aromatic carbocycles. The largest absolute Gasteiger partial charge is 0.441 e. The van der Waals surface area contributed by atoms with E-state index >= 15 is 0 Å². The van der Waals surface area contributed by atoms with Crippen molar-refractivity contribution in [1.82, 2.24) is 10.2 Å². The summed E-state index contributed by atoms with van der Waals surface area (Å²) in [6.07, 6.45) is 2.73. The van der Waals surface area contributed by atoms with Gasteiger partial charge in [-0.3, -0.25) is 10.1 Å². The first-order valence-corrected chi connectivity index (χ1v) is 6.67. The highest BCUT2D eigenvalue weighted by molar-refractivity contribution is 8.00. The molecule has 0 radical (unpaired) electrons. The number of thioether (sulfide) groups is 1. The zero-order chi connectivity index (χ0) is 13.4. The van der Waals surface area contributed by atoms with Gasteiger partial charge in [-0.2, -0.15) is 13.2 Å². The molecule has 8 heteroatoms. The molecule has 18 heavy (non-hydrogen) atoms. The summed E-state index contributed by atoms with van der Waals surface area (Å²) < 4.78 is 36.1. The molecule has 1 aliphatic heterocycles. The molecule has 0 aromatic rings. The minimum atomic E-state index is -4.30. The number of rotatable bonds is 3. The van der Waals surface area contributed by atoms with E-state index < -0.39 is 17.1 Å². The molecule has 1 spiro atoms. The lowest BCUT2D eigenvalue weighted by Crippen LogP contribution is -2.48. The molecule has 2 aliphatic rings. The number of hydrogen-bond acceptors (Lipinski definition) is 3. The quantitative estimate of drug-likeness (QED) is 0.806. The van der Waals surface area contributed by atoms with Gasteiger partial charge in [-0.05, 0) is 24.6 Å². The van der Waals surface area contributed by atoms with Crippen molar-refractivity contribution < 1.29 is 22.8 Å². The second-order valence-electron chi connectivity index (χ2n) is 4.44. The molecule has 4 nitrogen and oxygen atoms in total. The molecular weight excluding hydrogens is 269 g/mol. The fraction of sp³-hybridized carbons (Fsp3) is 0.800. The van der Waals surface area contributed by atoms with Gasteiger partial charge in [0.1, 0.15) is 5.54 Å². The number of nitrogens with zero attached hydrogens (tertiary/aromatic N) is 1. The van der Waals surface area contributed by atoms with E-state index in [4.69, 9.17) is 0 Å². The van der Waals surface area contributed by atoms with Gasteiger partial charge in [-0.1, -0.05) is 12.8 Å². The Morgan fingerprint density at radius 3 is 2.44 bits per heavy atom. The number of hydrogen-bond donors (Lipinski definition) is 1. The van der Waals surface area contributed by atoms with Crippen LogP contribution in [0.15, 0.2) is 0 Å². The predicted molar refractivity (Wildman–Crippen MR) is 60.0 cm³/mol. The molecule has 2 rings (SSSR count). The summed E-state index contributed by atoms with van der Waals surface area (Å²) in [7, 11) is 0. The third-order valence-electron chi connectivity index (χ3n) is 3.42. The molecule has 0 bridgehead atoms. The lowest BCUT2D eigenvalue weighted by Gasteiger charge is -2.31. The normalized spacial score (nSPS) is 22.9. The van der Waals surface area contributed by atoms with E-state index in [-0.39, 0.29) is 30.0 Å². The van der Waals surface area contributed by atoms with E-state index in [0.717, 1.165) is 12.8 Å². The Labute approximate surface area is 106 Å². The maximum atomic E-state index is 12.0. The first-order valence-electron chi connectivity index (χ1n) is 5.69. The van der Waals surface area contributed by atoms with Gasteiger partial charge in [0, 0.05) is 12.3 Å². The Morgan fingerprint density at radius 2 is 1.89 bits per heavy atom. The van der Waals surface area contributed by atoms with E-state index in [2.05, 4.69) is 5.32 Å². The van der Waals surface area contributed by atoms with Crippen LogP contribution in [-0.4, -0.2) is 40.2 Å². The molecule has 102 valence electrons. The highest BCUT2D eigenvalue weighted by Crippen LogP contribution is 2.39. The van der Waals surface area contributed by atoms with Crippen molar-refractivity contribution in [3.8, 4) is 0 Å². The second-order valence-corrected chi connectivity index (χ2v) is 5.60. The van der Waals surface area contributed by atoms with E-state index in [9.17, 15) is 22.8 Å². The third-order valence-corrected chi connectivity index (χ3v) is 4.13. The molecule has 3 amide bonds. The van der Waals surface area contributed by atoms with Crippen LogP contribution in [0.3, 0.4) is 0 Å². The summed E-state index contributed by atoms with van der Waals surface area (Å²) in [5.74, 6) is -0.603. The summed E-state index contributed by atoms with van der Waals surface area (Å²) >= 11 is -0.167. The SMILES string of the molecule is O=C1NC(=O)C2(CCCC2)N1CCSC(F)(F)F. The maximum Gasteiger partial charge on any atom is 0.441 e. The minimum absolute atomic E-state index is 0.0538. The zero-order valence-corrected chi connectivity index (χ0v) is 10.4. The summed E-state index contributed by atoms with van der Waals surface area (Å²) in [5.41, 5.74) is -5.19. The average molecular weight is 282 g/mol. The van der Waals surface area contributed by atoms with Crippen LogP contribution in [0.2, 0.25) is 0 Å². The van der Waals surface area contributed by atoms with E-state index in [1.807, 2.05) is 0 Å². The third kappa shape index (κ3) is 2.43. The fourth-order valence-corrected chi connectivity index (χ4v) is 3.13. The van der Waals surface area contributed by atoms with Crippen molar-refractivity contribution in [3.05, 3.63) is 0 Å². The number of amides is 3. The molecule has 0 aromatic heterocycles. The highest BCUT2D eigenvalue weighted by atomic mass is 32.2. The molecule has 1 aliphatic carbocycles. The summed E-state index contributed by atoms with van der Waals surface area (Å²) in [6, 6.07) is -0.565. The van der Waals surface area contributed by atoms with E-state index in [0.29, 0.717) is 12.8 Å². The van der Waals surface area contributed by atoms with Crippen LogP contribution in [0, 0.1) is 0 Å². The Bertz CT molecular complexity index is 367. The van der Waals surface area contributed by atoms with Crippen molar-refractivity contribution in [2.24, 2.45) is 0 Å².